The van der Waals surface area contributed by atoms with E-state index in [1.165, 1.54) is 12.8 Å². The van der Waals surface area contributed by atoms with E-state index in [4.69, 9.17) is 11.6 Å². The van der Waals surface area contributed by atoms with Crippen molar-refractivity contribution in [2.24, 2.45) is 17.8 Å². The number of fused-ring (bicyclic) bond motifs is 1. The number of aromatic nitrogens is 2. The van der Waals surface area contributed by atoms with Crippen LogP contribution in [-0.4, -0.2) is 33.9 Å². The number of rotatable bonds is 3. The largest absolute Gasteiger partial charge is 0.338 e. The standard InChI is InChI=1S/C19H20ClN3O/c20-16-5-3-13(4-6-16)19(24)23-11-15-2-1-14(18(15)12-23)9-17-10-21-7-8-22-17/h3-8,10,14-15,18H,1-2,9,11-12H2/t14-,15-,18-/m1/s1. The molecule has 1 saturated carbocycles. The SMILES string of the molecule is O=C(c1ccc(Cl)cc1)N1C[C@H]2CC[C@H](Cc3cnccn3)[C@H]2C1. The Kier molecular flexibility index (Phi) is 4.23. The number of benzene rings is 1. The Morgan fingerprint density at radius 3 is 2.75 bits per heavy atom. The summed E-state index contributed by atoms with van der Waals surface area (Å²) in [5, 5.41) is 0.661. The average molecular weight is 342 g/mol. The van der Waals surface area contributed by atoms with E-state index < -0.39 is 0 Å². The molecule has 5 heteroatoms. The first-order valence-electron chi connectivity index (χ1n) is 8.50. The van der Waals surface area contributed by atoms with E-state index in [1.807, 2.05) is 23.2 Å². The molecule has 24 heavy (non-hydrogen) atoms. The average Bonchev–Trinajstić information content (AvgIpc) is 3.18. The van der Waals surface area contributed by atoms with E-state index in [1.54, 1.807) is 24.5 Å². The van der Waals surface area contributed by atoms with E-state index in [9.17, 15) is 4.79 Å². The number of halogens is 1. The van der Waals surface area contributed by atoms with Crippen LogP contribution in [-0.2, 0) is 6.42 Å². The van der Waals surface area contributed by atoms with Gasteiger partial charge in [0.1, 0.15) is 0 Å². The van der Waals surface area contributed by atoms with Crippen LogP contribution >= 0.6 is 11.6 Å². The molecule has 1 aliphatic heterocycles. The van der Waals surface area contributed by atoms with Gasteiger partial charge in [-0.2, -0.15) is 0 Å². The van der Waals surface area contributed by atoms with E-state index in [0.29, 0.717) is 22.8 Å². The third-order valence-corrected chi connectivity index (χ3v) is 5.72. The van der Waals surface area contributed by atoms with Crippen LogP contribution in [0.15, 0.2) is 42.9 Å². The molecule has 1 aromatic carbocycles. The van der Waals surface area contributed by atoms with Crippen LogP contribution in [0.3, 0.4) is 0 Å². The predicted octanol–water partition coefficient (Wildman–Crippen LogP) is 3.47. The van der Waals surface area contributed by atoms with Crippen LogP contribution in [0.1, 0.15) is 28.9 Å². The van der Waals surface area contributed by atoms with Crippen molar-refractivity contribution >= 4 is 17.5 Å². The first-order chi connectivity index (χ1) is 11.7. The minimum absolute atomic E-state index is 0.124. The summed E-state index contributed by atoms with van der Waals surface area (Å²) >= 11 is 5.91. The molecule has 2 aromatic rings. The Labute approximate surface area is 146 Å². The molecule has 0 N–H and O–H groups in total. The molecule has 0 radical (unpaired) electrons. The van der Waals surface area contributed by atoms with Gasteiger partial charge in [0.25, 0.3) is 5.91 Å². The second-order valence-electron chi connectivity index (χ2n) is 6.88. The summed E-state index contributed by atoms with van der Waals surface area (Å²) < 4.78 is 0. The smallest absolute Gasteiger partial charge is 0.253 e. The summed E-state index contributed by atoms with van der Waals surface area (Å²) in [6.45, 7) is 1.74. The van der Waals surface area contributed by atoms with Gasteiger partial charge in [0.2, 0.25) is 0 Å². The van der Waals surface area contributed by atoms with Crippen LogP contribution in [0.2, 0.25) is 5.02 Å². The summed E-state index contributed by atoms with van der Waals surface area (Å²) in [5.41, 5.74) is 1.79. The normalized spacial score (nSPS) is 25.7. The lowest BCUT2D eigenvalue weighted by Gasteiger charge is -2.20. The van der Waals surface area contributed by atoms with Crippen molar-refractivity contribution in [3.05, 3.63) is 59.1 Å². The monoisotopic (exact) mass is 341 g/mol. The first-order valence-corrected chi connectivity index (χ1v) is 8.88. The molecule has 1 aromatic heterocycles. The summed E-state index contributed by atoms with van der Waals surface area (Å²) in [4.78, 5) is 23.3. The molecule has 1 aliphatic carbocycles. The topological polar surface area (TPSA) is 46.1 Å². The highest BCUT2D eigenvalue weighted by atomic mass is 35.5. The zero-order valence-corrected chi connectivity index (χ0v) is 14.2. The molecule has 2 fully saturated rings. The Morgan fingerprint density at radius 1 is 1.17 bits per heavy atom. The molecule has 2 aliphatic rings. The van der Waals surface area contributed by atoms with Crippen molar-refractivity contribution in [2.75, 3.05) is 13.1 Å². The van der Waals surface area contributed by atoms with E-state index in [0.717, 1.165) is 30.8 Å². The highest BCUT2D eigenvalue weighted by Crippen LogP contribution is 2.43. The number of carbonyl (C=O) groups excluding carboxylic acids is 1. The van der Waals surface area contributed by atoms with Crippen LogP contribution in [0.4, 0.5) is 0 Å². The van der Waals surface area contributed by atoms with Crippen LogP contribution in [0.5, 0.6) is 0 Å². The van der Waals surface area contributed by atoms with Crippen molar-refractivity contribution in [3.63, 3.8) is 0 Å². The minimum atomic E-state index is 0.124. The van der Waals surface area contributed by atoms with Crippen LogP contribution < -0.4 is 0 Å². The lowest BCUT2D eigenvalue weighted by Crippen LogP contribution is -2.30. The van der Waals surface area contributed by atoms with Crippen molar-refractivity contribution < 1.29 is 4.79 Å². The fourth-order valence-corrected chi connectivity index (χ4v) is 4.40. The molecule has 0 unspecified atom stereocenters. The van der Waals surface area contributed by atoms with Gasteiger partial charge in [-0.1, -0.05) is 11.6 Å². The van der Waals surface area contributed by atoms with Gasteiger partial charge >= 0.3 is 0 Å². The molecule has 0 bridgehead atoms. The Balaban J connectivity index is 1.44. The van der Waals surface area contributed by atoms with E-state index >= 15 is 0 Å². The third kappa shape index (κ3) is 3.03. The van der Waals surface area contributed by atoms with Gasteiger partial charge in [-0.05, 0) is 61.3 Å². The Morgan fingerprint density at radius 2 is 2.00 bits per heavy atom. The Bertz CT molecular complexity index is 719. The van der Waals surface area contributed by atoms with Gasteiger partial charge < -0.3 is 4.90 Å². The predicted molar refractivity (Wildman–Crippen MR) is 92.8 cm³/mol. The Hall–Kier alpha value is -1.94. The maximum Gasteiger partial charge on any atom is 0.253 e. The second kappa shape index (κ2) is 6.52. The summed E-state index contributed by atoms with van der Waals surface area (Å²) in [6.07, 6.45) is 8.74. The van der Waals surface area contributed by atoms with Crippen molar-refractivity contribution in [3.8, 4) is 0 Å². The van der Waals surface area contributed by atoms with Gasteiger partial charge in [-0.15, -0.1) is 0 Å². The number of carbonyl (C=O) groups is 1. The summed E-state index contributed by atoms with van der Waals surface area (Å²) in [6, 6.07) is 7.19. The van der Waals surface area contributed by atoms with Gasteiger partial charge in [0.15, 0.2) is 0 Å². The number of hydrogen-bond donors (Lipinski definition) is 0. The molecular weight excluding hydrogens is 322 g/mol. The molecule has 2 heterocycles. The van der Waals surface area contributed by atoms with E-state index in [2.05, 4.69) is 9.97 Å². The highest BCUT2D eigenvalue weighted by molar-refractivity contribution is 6.30. The fraction of sp³-hybridized carbons (Fsp3) is 0.421. The maximum absolute atomic E-state index is 12.7. The lowest BCUT2D eigenvalue weighted by molar-refractivity contribution is 0.0776. The molecule has 0 spiro atoms. The van der Waals surface area contributed by atoms with E-state index in [-0.39, 0.29) is 5.91 Å². The number of amides is 1. The van der Waals surface area contributed by atoms with Crippen LogP contribution in [0, 0.1) is 17.8 Å². The number of hydrogen-bond acceptors (Lipinski definition) is 3. The molecule has 1 saturated heterocycles. The third-order valence-electron chi connectivity index (χ3n) is 5.47. The summed E-state index contributed by atoms with van der Waals surface area (Å²) in [7, 11) is 0. The van der Waals surface area contributed by atoms with Crippen molar-refractivity contribution in [1.82, 2.24) is 14.9 Å². The number of likely N-dealkylation sites (tertiary alicyclic amines) is 1. The minimum Gasteiger partial charge on any atom is -0.338 e. The van der Waals surface area contributed by atoms with Crippen LogP contribution in [0.25, 0.3) is 0 Å². The molecule has 4 rings (SSSR count). The lowest BCUT2D eigenvalue weighted by atomic mass is 9.89. The quantitative estimate of drug-likeness (QED) is 0.858. The van der Waals surface area contributed by atoms with Gasteiger partial charge in [-0.25, -0.2) is 0 Å². The zero-order valence-electron chi connectivity index (χ0n) is 13.4. The molecule has 4 nitrogen and oxygen atoms in total. The van der Waals surface area contributed by atoms with Gasteiger partial charge in [0.05, 0.1) is 5.69 Å². The highest BCUT2D eigenvalue weighted by Gasteiger charge is 2.43. The second-order valence-corrected chi connectivity index (χ2v) is 7.32. The fourth-order valence-electron chi connectivity index (χ4n) is 4.28. The van der Waals surface area contributed by atoms with Crippen molar-refractivity contribution in [1.29, 1.82) is 0 Å². The maximum atomic E-state index is 12.7. The molecule has 1 amide bonds. The molecule has 124 valence electrons. The van der Waals surface area contributed by atoms with Crippen molar-refractivity contribution in [2.45, 2.75) is 19.3 Å². The van der Waals surface area contributed by atoms with Gasteiger partial charge in [-0.3, -0.25) is 14.8 Å². The first kappa shape index (κ1) is 15.6. The number of nitrogens with zero attached hydrogens (tertiary/aromatic N) is 3. The zero-order chi connectivity index (χ0) is 16.5. The molecule has 3 atom stereocenters. The summed E-state index contributed by atoms with van der Waals surface area (Å²) in [5.74, 6) is 1.94. The van der Waals surface area contributed by atoms with Gasteiger partial charge in [0, 0.05) is 42.3 Å². The molecular formula is C19H20ClN3O.